The van der Waals surface area contributed by atoms with Crippen molar-refractivity contribution in [3.05, 3.63) is 36.4 Å². The fourth-order valence-electron chi connectivity index (χ4n) is 4.46. The molecule has 0 unspecified atom stereocenters. The second-order valence-corrected chi connectivity index (χ2v) is 8.59. The van der Waals surface area contributed by atoms with Crippen molar-refractivity contribution < 1.29 is 28.7 Å². The van der Waals surface area contributed by atoms with E-state index in [4.69, 9.17) is 9.47 Å². The van der Waals surface area contributed by atoms with Crippen LogP contribution < -0.4 is 10.2 Å². The number of imide groups is 1. The van der Waals surface area contributed by atoms with Crippen LogP contribution in [-0.2, 0) is 28.7 Å². The van der Waals surface area contributed by atoms with Gasteiger partial charge in [-0.3, -0.25) is 19.3 Å². The van der Waals surface area contributed by atoms with Crippen LogP contribution in [0.15, 0.2) is 36.4 Å². The van der Waals surface area contributed by atoms with Gasteiger partial charge >= 0.3 is 5.97 Å². The van der Waals surface area contributed by atoms with E-state index in [1.54, 1.807) is 12.1 Å². The van der Waals surface area contributed by atoms with Crippen molar-refractivity contribution in [2.75, 3.05) is 36.5 Å². The van der Waals surface area contributed by atoms with Gasteiger partial charge in [0, 0.05) is 24.5 Å². The Hall–Kier alpha value is -3.20. The standard InChI is InChI=1S/C24H29N3O6/c1-15(27-22(29)19-5-3-4-6-20(19)23(27)30)24(31)33-16(2)21(28)25-17-7-9-18(10-8-17)26-11-13-32-14-12-26/h3-4,7-10,15-16,19-20H,5-6,11-14H2,1-2H3,(H,25,28)/t15-,16+,19-,20+/m1/s1. The number of nitrogens with one attached hydrogen (secondary N) is 1. The van der Waals surface area contributed by atoms with Gasteiger partial charge in [-0.15, -0.1) is 0 Å². The number of amides is 3. The number of carbonyl (C=O) groups is 4. The lowest BCUT2D eigenvalue weighted by molar-refractivity contribution is -0.163. The van der Waals surface area contributed by atoms with Gasteiger partial charge in [0.2, 0.25) is 11.8 Å². The number of allylic oxidation sites excluding steroid dienone is 2. The molecule has 176 valence electrons. The summed E-state index contributed by atoms with van der Waals surface area (Å²) in [5.74, 6) is -2.81. The maximum Gasteiger partial charge on any atom is 0.329 e. The summed E-state index contributed by atoms with van der Waals surface area (Å²) in [5.41, 5.74) is 1.62. The Morgan fingerprint density at radius 3 is 2.15 bits per heavy atom. The van der Waals surface area contributed by atoms with Crippen molar-refractivity contribution in [2.45, 2.75) is 38.8 Å². The van der Waals surface area contributed by atoms with Gasteiger partial charge in [-0.25, -0.2) is 4.79 Å². The summed E-state index contributed by atoms with van der Waals surface area (Å²) in [7, 11) is 0. The minimum absolute atomic E-state index is 0.351. The predicted octanol–water partition coefficient (Wildman–Crippen LogP) is 1.73. The van der Waals surface area contributed by atoms with Gasteiger partial charge in [-0.1, -0.05) is 12.2 Å². The maximum absolute atomic E-state index is 12.7. The molecule has 2 heterocycles. The number of benzene rings is 1. The van der Waals surface area contributed by atoms with E-state index < -0.39 is 35.9 Å². The van der Waals surface area contributed by atoms with Gasteiger partial charge in [0.25, 0.3) is 5.91 Å². The average Bonchev–Trinajstić information content (AvgIpc) is 3.09. The Morgan fingerprint density at radius 1 is 1.00 bits per heavy atom. The normalized spacial score (nSPS) is 24.3. The third-order valence-electron chi connectivity index (χ3n) is 6.44. The van der Waals surface area contributed by atoms with Crippen LogP contribution in [0.1, 0.15) is 26.7 Å². The zero-order chi connectivity index (χ0) is 23.5. The first kappa shape index (κ1) is 23.0. The lowest BCUT2D eigenvalue weighted by Crippen LogP contribution is -2.46. The molecule has 0 saturated carbocycles. The predicted molar refractivity (Wildman–Crippen MR) is 120 cm³/mol. The van der Waals surface area contributed by atoms with Gasteiger partial charge < -0.3 is 19.7 Å². The van der Waals surface area contributed by atoms with Crippen molar-refractivity contribution in [1.82, 2.24) is 4.90 Å². The summed E-state index contributed by atoms with van der Waals surface area (Å²) in [6.45, 7) is 5.92. The Morgan fingerprint density at radius 2 is 1.58 bits per heavy atom. The van der Waals surface area contributed by atoms with E-state index >= 15 is 0 Å². The van der Waals surface area contributed by atoms with Crippen LogP contribution in [0.4, 0.5) is 11.4 Å². The molecule has 33 heavy (non-hydrogen) atoms. The van der Waals surface area contributed by atoms with Gasteiger partial charge in [-0.05, 0) is 51.0 Å². The summed E-state index contributed by atoms with van der Waals surface area (Å²) in [6.07, 6.45) is 3.68. The van der Waals surface area contributed by atoms with Crippen LogP contribution in [0, 0.1) is 11.8 Å². The molecule has 2 fully saturated rings. The molecule has 1 N–H and O–H groups in total. The molecule has 4 rings (SSSR count). The molecule has 1 aromatic rings. The van der Waals surface area contributed by atoms with E-state index in [-0.39, 0.29) is 11.8 Å². The molecule has 0 radical (unpaired) electrons. The van der Waals surface area contributed by atoms with Gasteiger partial charge in [0.15, 0.2) is 6.10 Å². The van der Waals surface area contributed by atoms with Gasteiger partial charge in [0.1, 0.15) is 6.04 Å². The topological polar surface area (TPSA) is 105 Å². The minimum atomic E-state index is -1.09. The molecule has 1 aliphatic carbocycles. The van der Waals surface area contributed by atoms with Crippen molar-refractivity contribution in [1.29, 1.82) is 0 Å². The first-order valence-corrected chi connectivity index (χ1v) is 11.3. The van der Waals surface area contributed by atoms with E-state index in [1.165, 1.54) is 13.8 Å². The number of rotatable bonds is 6. The quantitative estimate of drug-likeness (QED) is 0.396. The lowest BCUT2D eigenvalue weighted by Gasteiger charge is -2.29. The molecule has 3 amide bonds. The molecule has 1 aromatic carbocycles. The number of hydrogen-bond donors (Lipinski definition) is 1. The van der Waals surface area contributed by atoms with Crippen LogP contribution in [0.5, 0.6) is 0 Å². The molecular formula is C24H29N3O6. The van der Waals surface area contributed by atoms with E-state index in [9.17, 15) is 19.2 Å². The molecule has 4 atom stereocenters. The largest absolute Gasteiger partial charge is 0.451 e. The minimum Gasteiger partial charge on any atom is -0.451 e. The van der Waals surface area contributed by atoms with Crippen LogP contribution in [-0.4, -0.2) is 67.0 Å². The molecular weight excluding hydrogens is 426 g/mol. The van der Waals surface area contributed by atoms with Crippen LogP contribution in [0.2, 0.25) is 0 Å². The number of carbonyl (C=O) groups excluding carboxylic acids is 4. The Bertz CT molecular complexity index is 927. The average molecular weight is 456 g/mol. The summed E-state index contributed by atoms with van der Waals surface area (Å²) < 4.78 is 10.7. The van der Waals surface area contributed by atoms with Crippen molar-refractivity contribution in [3.8, 4) is 0 Å². The van der Waals surface area contributed by atoms with E-state index in [0.29, 0.717) is 31.7 Å². The Balaban J connectivity index is 1.31. The van der Waals surface area contributed by atoms with E-state index in [0.717, 1.165) is 23.7 Å². The molecule has 2 saturated heterocycles. The molecule has 9 nitrogen and oxygen atoms in total. The summed E-state index contributed by atoms with van der Waals surface area (Å²) in [5, 5.41) is 2.73. The molecule has 2 aliphatic heterocycles. The van der Waals surface area contributed by atoms with Crippen LogP contribution in [0.3, 0.4) is 0 Å². The number of hydrogen-bond acceptors (Lipinski definition) is 7. The van der Waals surface area contributed by atoms with Crippen molar-refractivity contribution >= 4 is 35.1 Å². The Kier molecular flexibility index (Phi) is 6.78. The number of morpholine rings is 1. The maximum atomic E-state index is 12.7. The zero-order valence-electron chi connectivity index (χ0n) is 18.9. The fourth-order valence-corrected chi connectivity index (χ4v) is 4.46. The number of esters is 1. The fraction of sp³-hybridized carbons (Fsp3) is 0.500. The SMILES string of the molecule is C[C@H](OC(=O)[C@@H](C)N1C(=O)[C@H]2CC=CC[C@H]2C1=O)C(=O)Nc1ccc(N2CCOCC2)cc1. The second kappa shape index (κ2) is 9.74. The molecule has 9 heteroatoms. The highest BCUT2D eigenvalue weighted by Crippen LogP contribution is 2.36. The molecule has 0 spiro atoms. The summed E-state index contributed by atoms with van der Waals surface area (Å²) >= 11 is 0. The van der Waals surface area contributed by atoms with Crippen LogP contribution in [0.25, 0.3) is 0 Å². The third kappa shape index (κ3) is 4.78. The number of fused-ring (bicyclic) bond motifs is 1. The van der Waals surface area contributed by atoms with Crippen LogP contribution >= 0.6 is 0 Å². The molecule has 0 bridgehead atoms. The highest BCUT2D eigenvalue weighted by Gasteiger charge is 2.50. The summed E-state index contributed by atoms with van der Waals surface area (Å²) in [6, 6.07) is 6.32. The van der Waals surface area contributed by atoms with Crippen molar-refractivity contribution in [2.24, 2.45) is 11.8 Å². The summed E-state index contributed by atoms with van der Waals surface area (Å²) in [4.78, 5) is 53.7. The van der Waals surface area contributed by atoms with Gasteiger partial charge in [-0.2, -0.15) is 0 Å². The van der Waals surface area contributed by atoms with E-state index in [2.05, 4.69) is 10.2 Å². The number of ether oxygens (including phenoxy) is 2. The molecule has 3 aliphatic rings. The smallest absolute Gasteiger partial charge is 0.329 e. The highest BCUT2D eigenvalue weighted by atomic mass is 16.5. The van der Waals surface area contributed by atoms with E-state index in [1.807, 2.05) is 24.3 Å². The lowest BCUT2D eigenvalue weighted by atomic mass is 9.85. The number of anilines is 2. The zero-order valence-corrected chi connectivity index (χ0v) is 18.9. The monoisotopic (exact) mass is 455 g/mol. The third-order valence-corrected chi connectivity index (χ3v) is 6.44. The first-order valence-electron chi connectivity index (χ1n) is 11.3. The molecule has 0 aromatic heterocycles. The number of nitrogens with zero attached hydrogens (tertiary/aromatic N) is 2. The highest BCUT2D eigenvalue weighted by molar-refractivity contribution is 6.08. The Labute approximate surface area is 192 Å². The first-order chi connectivity index (χ1) is 15.9. The number of likely N-dealkylation sites (tertiary alicyclic amines) is 1. The van der Waals surface area contributed by atoms with Crippen molar-refractivity contribution in [3.63, 3.8) is 0 Å². The second-order valence-electron chi connectivity index (χ2n) is 8.59. The van der Waals surface area contributed by atoms with Gasteiger partial charge in [0.05, 0.1) is 25.0 Å².